The van der Waals surface area contributed by atoms with Gasteiger partial charge >= 0.3 is 0 Å². The maximum Gasteiger partial charge on any atom is 0.237 e. The molecule has 0 unspecified atom stereocenters. The first-order valence-corrected chi connectivity index (χ1v) is 13.3. The highest BCUT2D eigenvalue weighted by Gasteiger charge is 2.36. The molecule has 1 aromatic heterocycles. The molecular weight excluding hydrogens is 468 g/mol. The van der Waals surface area contributed by atoms with Crippen molar-refractivity contribution in [2.45, 2.75) is 65.0 Å². The SMILES string of the molecule is CCn1c2ccccc2c2cc(CN[C@@H]3C[C@@H](C(=O)NC(C)C)N(Cc4cccc(Cl)c4)C3)ccc21. The molecular formula is C30H35ClN4O. The summed E-state index contributed by atoms with van der Waals surface area (Å²) < 4.78 is 2.38. The third-order valence-electron chi connectivity index (χ3n) is 7.16. The quantitative estimate of drug-likeness (QED) is 0.324. The minimum absolute atomic E-state index is 0.102. The number of para-hydroxylation sites is 1. The smallest absolute Gasteiger partial charge is 0.237 e. The molecule has 5 rings (SSSR count). The van der Waals surface area contributed by atoms with Crippen LogP contribution in [0, 0.1) is 0 Å². The summed E-state index contributed by atoms with van der Waals surface area (Å²) in [7, 11) is 0. The Morgan fingerprint density at radius 3 is 2.58 bits per heavy atom. The summed E-state index contributed by atoms with van der Waals surface area (Å²) in [5.41, 5.74) is 4.95. The number of halogens is 1. The number of carbonyl (C=O) groups is 1. The highest BCUT2D eigenvalue weighted by Crippen LogP contribution is 2.30. The number of hydrogen-bond acceptors (Lipinski definition) is 3. The highest BCUT2D eigenvalue weighted by molar-refractivity contribution is 6.30. The van der Waals surface area contributed by atoms with Crippen molar-refractivity contribution in [1.29, 1.82) is 0 Å². The molecule has 4 aromatic rings. The molecule has 0 saturated carbocycles. The van der Waals surface area contributed by atoms with Crippen LogP contribution in [-0.4, -0.2) is 40.0 Å². The molecule has 0 aliphatic carbocycles. The number of aromatic nitrogens is 1. The minimum atomic E-state index is -0.158. The van der Waals surface area contributed by atoms with Gasteiger partial charge in [-0.05, 0) is 68.7 Å². The number of nitrogens with zero attached hydrogens (tertiary/aromatic N) is 2. The van der Waals surface area contributed by atoms with Gasteiger partial charge < -0.3 is 15.2 Å². The van der Waals surface area contributed by atoms with Gasteiger partial charge in [0.2, 0.25) is 5.91 Å². The van der Waals surface area contributed by atoms with Crippen LogP contribution < -0.4 is 10.6 Å². The first-order chi connectivity index (χ1) is 17.4. The van der Waals surface area contributed by atoms with E-state index in [0.29, 0.717) is 6.54 Å². The third-order valence-corrected chi connectivity index (χ3v) is 7.39. The predicted molar refractivity (Wildman–Crippen MR) is 149 cm³/mol. The summed E-state index contributed by atoms with van der Waals surface area (Å²) in [6.07, 6.45) is 0.788. The normalized spacial score (nSPS) is 18.5. The van der Waals surface area contributed by atoms with Crippen molar-refractivity contribution in [2.75, 3.05) is 6.54 Å². The molecule has 1 aliphatic heterocycles. The van der Waals surface area contributed by atoms with Crippen LogP contribution >= 0.6 is 11.6 Å². The van der Waals surface area contributed by atoms with Gasteiger partial charge in [-0.25, -0.2) is 0 Å². The maximum absolute atomic E-state index is 13.0. The molecule has 6 heteroatoms. The zero-order chi connectivity index (χ0) is 25.2. The monoisotopic (exact) mass is 502 g/mol. The van der Waals surface area contributed by atoms with Gasteiger partial charge in [0.15, 0.2) is 0 Å². The van der Waals surface area contributed by atoms with Gasteiger partial charge in [0.05, 0.1) is 6.04 Å². The molecule has 2 N–H and O–H groups in total. The van der Waals surface area contributed by atoms with Crippen molar-refractivity contribution < 1.29 is 4.79 Å². The molecule has 36 heavy (non-hydrogen) atoms. The lowest BCUT2D eigenvalue weighted by Crippen LogP contribution is -2.45. The Kier molecular flexibility index (Phi) is 7.33. The van der Waals surface area contributed by atoms with Crippen molar-refractivity contribution in [2.24, 2.45) is 0 Å². The number of fused-ring (bicyclic) bond motifs is 3. The lowest BCUT2D eigenvalue weighted by Gasteiger charge is -2.24. The average molecular weight is 503 g/mol. The number of hydrogen-bond donors (Lipinski definition) is 2. The number of benzene rings is 3. The van der Waals surface area contributed by atoms with Gasteiger partial charge in [0.25, 0.3) is 0 Å². The van der Waals surface area contributed by atoms with E-state index in [1.807, 2.05) is 32.0 Å². The van der Waals surface area contributed by atoms with E-state index < -0.39 is 0 Å². The fourth-order valence-electron chi connectivity index (χ4n) is 5.56. The van der Waals surface area contributed by atoms with Gasteiger partial charge in [0.1, 0.15) is 0 Å². The number of nitrogens with one attached hydrogen (secondary N) is 2. The fourth-order valence-corrected chi connectivity index (χ4v) is 5.78. The summed E-state index contributed by atoms with van der Waals surface area (Å²) in [6.45, 7) is 9.47. The van der Waals surface area contributed by atoms with Gasteiger partial charge in [-0.15, -0.1) is 0 Å². The van der Waals surface area contributed by atoms with E-state index >= 15 is 0 Å². The Balaban J connectivity index is 1.32. The van der Waals surface area contributed by atoms with Crippen molar-refractivity contribution in [3.05, 3.63) is 82.9 Å². The molecule has 2 atom stereocenters. The summed E-state index contributed by atoms with van der Waals surface area (Å²) in [5.74, 6) is 0.102. The van der Waals surface area contributed by atoms with Crippen molar-refractivity contribution in [3.63, 3.8) is 0 Å². The van der Waals surface area contributed by atoms with Crippen LogP contribution in [0.25, 0.3) is 21.8 Å². The van der Waals surface area contributed by atoms with Crippen molar-refractivity contribution in [3.8, 4) is 0 Å². The number of rotatable bonds is 8. The van der Waals surface area contributed by atoms with Crippen LogP contribution in [0.3, 0.4) is 0 Å². The average Bonchev–Trinajstić information content (AvgIpc) is 3.40. The molecule has 5 nitrogen and oxygen atoms in total. The standard InChI is InChI=1S/C30H35ClN4O/c1-4-35-27-11-6-5-10-25(27)26-15-21(12-13-28(26)35)17-32-24-16-29(30(36)33-20(2)3)34(19-24)18-22-8-7-9-23(31)14-22/h5-15,20,24,29,32H,4,16-19H2,1-3H3,(H,33,36)/t24-,29+/m1/s1. The van der Waals surface area contributed by atoms with Crippen LogP contribution in [0.4, 0.5) is 0 Å². The van der Waals surface area contributed by atoms with E-state index in [9.17, 15) is 4.79 Å². The lowest BCUT2D eigenvalue weighted by molar-refractivity contribution is -0.126. The van der Waals surface area contributed by atoms with Crippen LogP contribution in [0.15, 0.2) is 66.7 Å². The van der Waals surface area contributed by atoms with Gasteiger partial charge in [-0.1, -0.05) is 48.0 Å². The van der Waals surface area contributed by atoms with E-state index in [-0.39, 0.29) is 24.0 Å². The topological polar surface area (TPSA) is 49.3 Å². The Hall–Kier alpha value is -2.86. The molecule has 3 aromatic carbocycles. The maximum atomic E-state index is 13.0. The minimum Gasteiger partial charge on any atom is -0.353 e. The van der Waals surface area contributed by atoms with Crippen LogP contribution in [-0.2, 0) is 24.4 Å². The summed E-state index contributed by atoms with van der Waals surface area (Å²) in [6, 6.07) is 23.5. The zero-order valence-corrected chi connectivity index (χ0v) is 22.1. The van der Waals surface area contributed by atoms with Crippen LogP contribution in [0.1, 0.15) is 38.3 Å². The second-order valence-corrected chi connectivity index (χ2v) is 10.6. The van der Waals surface area contributed by atoms with E-state index in [1.54, 1.807) is 0 Å². The molecule has 0 spiro atoms. The number of likely N-dealkylation sites (tertiary alicyclic amines) is 1. The summed E-state index contributed by atoms with van der Waals surface area (Å²) in [5, 5.41) is 10.2. The van der Waals surface area contributed by atoms with Gasteiger partial charge in [0, 0.05) is 65.1 Å². The van der Waals surface area contributed by atoms with Gasteiger partial charge in [-0.3, -0.25) is 9.69 Å². The molecule has 0 bridgehead atoms. The third kappa shape index (κ3) is 5.15. The van der Waals surface area contributed by atoms with E-state index in [1.165, 1.54) is 27.4 Å². The Morgan fingerprint density at radius 1 is 1.00 bits per heavy atom. The fraction of sp³-hybridized carbons (Fsp3) is 0.367. The first kappa shape index (κ1) is 24.8. The Labute approximate surface area is 218 Å². The molecule has 188 valence electrons. The highest BCUT2D eigenvalue weighted by atomic mass is 35.5. The Morgan fingerprint density at radius 2 is 1.81 bits per heavy atom. The molecule has 2 heterocycles. The van der Waals surface area contributed by atoms with Crippen molar-refractivity contribution in [1.82, 2.24) is 20.1 Å². The largest absolute Gasteiger partial charge is 0.353 e. The number of carbonyl (C=O) groups excluding carboxylic acids is 1. The van der Waals surface area contributed by atoms with Gasteiger partial charge in [-0.2, -0.15) is 0 Å². The second kappa shape index (κ2) is 10.6. The van der Waals surface area contributed by atoms with E-state index in [4.69, 9.17) is 11.6 Å². The second-order valence-electron chi connectivity index (χ2n) is 10.2. The lowest BCUT2D eigenvalue weighted by atomic mass is 10.1. The first-order valence-electron chi connectivity index (χ1n) is 12.9. The summed E-state index contributed by atoms with van der Waals surface area (Å²) in [4.78, 5) is 15.3. The predicted octanol–water partition coefficient (Wildman–Crippen LogP) is 5.73. The molecule has 1 amide bonds. The van der Waals surface area contributed by atoms with E-state index in [0.717, 1.165) is 36.6 Å². The van der Waals surface area contributed by atoms with Crippen LogP contribution in [0.2, 0.25) is 5.02 Å². The number of aryl methyl sites for hydroxylation is 1. The number of amides is 1. The Bertz CT molecular complexity index is 1380. The zero-order valence-electron chi connectivity index (χ0n) is 21.3. The molecule has 1 aliphatic rings. The summed E-state index contributed by atoms with van der Waals surface area (Å²) >= 11 is 6.22. The van der Waals surface area contributed by atoms with Crippen molar-refractivity contribution >= 4 is 39.3 Å². The molecule has 1 fully saturated rings. The molecule has 0 radical (unpaired) electrons. The van der Waals surface area contributed by atoms with E-state index in [2.05, 4.69) is 75.6 Å². The molecule has 1 saturated heterocycles. The van der Waals surface area contributed by atoms with Crippen LogP contribution in [0.5, 0.6) is 0 Å².